The first-order chi connectivity index (χ1) is 10.6. The SMILES string of the molecule is CC(O)(CNC(=O)c1cc2c(s1)CCOC2)c1ccccc1. The van der Waals surface area contributed by atoms with Gasteiger partial charge in [-0.15, -0.1) is 11.3 Å². The fourth-order valence-corrected chi connectivity index (χ4v) is 3.56. The molecule has 1 aliphatic heterocycles. The minimum absolute atomic E-state index is 0.143. The molecule has 5 heteroatoms. The molecule has 0 radical (unpaired) electrons. The van der Waals surface area contributed by atoms with E-state index < -0.39 is 5.60 Å². The fourth-order valence-electron chi connectivity index (χ4n) is 2.50. The maximum atomic E-state index is 12.3. The first-order valence-corrected chi connectivity index (χ1v) is 8.13. The molecule has 0 saturated heterocycles. The van der Waals surface area contributed by atoms with Crippen molar-refractivity contribution in [2.24, 2.45) is 0 Å². The van der Waals surface area contributed by atoms with Crippen LogP contribution in [0.2, 0.25) is 0 Å². The van der Waals surface area contributed by atoms with E-state index in [1.165, 1.54) is 16.2 Å². The summed E-state index contributed by atoms with van der Waals surface area (Å²) in [5.74, 6) is -0.143. The summed E-state index contributed by atoms with van der Waals surface area (Å²) in [6.45, 7) is 3.18. The molecule has 1 aromatic carbocycles. The van der Waals surface area contributed by atoms with Gasteiger partial charge in [0.2, 0.25) is 0 Å². The van der Waals surface area contributed by atoms with E-state index in [9.17, 15) is 9.90 Å². The van der Waals surface area contributed by atoms with Crippen LogP contribution in [0.1, 0.15) is 32.6 Å². The van der Waals surface area contributed by atoms with Crippen molar-refractivity contribution in [3.05, 3.63) is 57.3 Å². The number of ether oxygens (including phenoxy) is 1. The van der Waals surface area contributed by atoms with Crippen LogP contribution >= 0.6 is 11.3 Å². The van der Waals surface area contributed by atoms with Crippen LogP contribution in [0.5, 0.6) is 0 Å². The molecule has 1 amide bonds. The van der Waals surface area contributed by atoms with Gasteiger partial charge in [-0.2, -0.15) is 0 Å². The quantitative estimate of drug-likeness (QED) is 0.911. The average molecular weight is 317 g/mol. The van der Waals surface area contributed by atoms with Crippen LogP contribution in [0.4, 0.5) is 0 Å². The third-order valence-electron chi connectivity index (χ3n) is 3.84. The molecule has 1 aliphatic rings. The Balaban J connectivity index is 1.66. The highest BCUT2D eigenvalue weighted by molar-refractivity contribution is 7.14. The third kappa shape index (κ3) is 3.21. The van der Waals surface area contributed by atoms with Gasteiger partial charge in [-0.05, 0) is 24.1 Å². The molecule has 0 spiro atoms. The minimum atomic E-state index is -1.09. The third-order valence-corrected chi connectivity index (χ3v) is 5.08. The molecule has 2 aromatic rings. The topological polar surface area (TPSA) is 58.6 Å². The number of nitrogens with one attached hydrogen (secondary N) is 1. The van der Waals surface area contributed by atoms with E-state index in [2.05, 4.69) is 5.32 Å². The highest BCUT2D eigenvalue weighted by Crippen LogP contribution is 2.27. The number of thiophene rings is 1. The predicted octanol–water partition coefficient (Wildman–Crippen LogP) is 2.46. The summed E-state index contributed by atoms with van der Waals surface area (Å²) in [5, 5.41) is 13.3. The van der Waals surface area contributed by atoms with E-state index in [1.54, 1.807) is 6.92 Å². The Morgan fingerprint density at radius 3 is 2.91 bits per heavy atom. The normalized spacial score (nSPS) is 16.6. The second-order valence-electron chi connectivity index (χ2n) is 5.68. The smallest absolute Gasteiger partial charge is 0.261 e. The molecule has 116 valence electrons. The Kier molecular flexibility index (Phi) is 4.29. The highest BCUT2D eigenvalue weighted by atomic mass is 32.1. The van der Waals surface area contributed by atoms with Crippen molar-refractivity contribution in [2.45, 2.75) is 25.6 Å². The second-order valence-corrected chi connectivity index (χ2v) is 6.82. The molecule has 2 heterocycles. The number of carbonyl (C=O) groups is 1. The molecule has 1 aromatic heterocycles. The summed E-state index contributed by atoms with van der Waals surface area (Å²) in [4.78, 5) is 14.2. The van der Waals surface area contributed by atoms with Crippen LogP contribution in [0.25, 0.3) is 0 Å². The van der Waals surface area contributed by atoms with E-state index in [0.717, 1.165) is 24.2 Å². The Morgan fingerprint density at radius 1 is 1.41 bits per heavy atom. The second kappa shape index (κ2) is 6.20. The van der Waals surface area contributed by atoms with E-state index in [0.29, 0.717) is 11.5 Å². The molecule has 0 fully saturated rings. The van der Waals surface area contributed by atoms with Crippen LogP contribution < -0.4 is 5.32 Å². The molecule has 1 atom stereocenters. The van der Waals surface area contributed by atoms with Gasteiger partial charge in [-0.25, -0.2) is 0 Å². The lowest BCUT2D eigenvalue weighted by Crippen LogP contribution is -2.38. The standard InChI is InChI=1S/C17H19NO3S/c1-17(20,13-5-3-2-4-6-13)11-18-16(19)15-9-12-10-21-8-7-14(12)22-15/h2-6,9,20H,7-8,10-11H2,1H3,(H,18,19). The molecule has 22 heavy (non-hydrogen) atoms. The maximum Gasteiger partial charge on any atom is 0.261 e. The number of rotatable bonds is 4. The Bertz CT molecular complexity index is 640. The number of hydrogen-bond donors (Lipinski definition) is 2. The molecule has 0 bridgehead atoms. The zero-order valence-corrected chi connectivity index (χ0v) is 13.3. The summed E-state index contributed by atoms with van der Waals surface area (Å²) < 4.78 is 5.40. The van der Waals surface area contributed by atoms with Crippen LogP contribution in [0.15, 0.2) is 36.4 Å². The summed E-state index contributed by atoms with van der Waals surface area (Å²) in [6.07, 6.45) is 0.870. The first-order valence-electron chi connectivity index (χ1n) is 7.32. The largest absolute Gasteiger partial charge is 0.384 e. The van der Waals surface area contributed by atoms with Crippen LogP contribution in [-0.4, -0.2) is 24.2 Å². The molecule has 2 N–H and O–H groups in total. The maximum absolute atomic E-state index is 12.3. The van der Waals surface area contributed by atoms with E-state index >= 15 is 0 Å². The summed E-state index contributed by atoms with van der Waals surface area (Å²) >= 11 is 1.52. The van der Waals surface area contributed by atoms with Gasteiger partial charge in [0.1, 0.15) is 5.60 Å². The molecule has 4 nitrogen and oxygen atoms in total. The van der Waals surface area contributed by atoms with Gasteiger partial charge in [0.25, 0.3) is 5.91 Å². The van der Waals surface area contributed by atoms with E-state index in [4.69, 9.17) is 4.74 Å². The number of fused-ring (bicyclic) bond motifs is 1. The highest BCUT2D eigenvalue weighted by Gasteiger charge is 2.24. The molecule has 0 aliphatic carbocycles. The van der Waals surface area contributed by atoms with Crippen LogP contribution in [0.3, 0.4) is 0 Å². The lowest BCUT2D eigenvalue weighted by molar-refractivity contribution is 0.0527. The minimum Gasteiger partial charge on any atom is -0.384 e. The fraction of sp³-hybridized carbons (Fsp3) is 0.353. The number of amides is 1. The van der Waals surface area contributed by atoms with E-state index in [-0.39, 0.29) is 12.5 Å². The summed E-state index contributed by atoms with van der Waals surface area (Å²) in [6, 6.07) is 11.3. The number of benzene rings is 1. The zero-order valence-electron chi connectivity index (χ0n) is 12.5. The molecule has 1 unspecified atom stereocenters. The molecular weight excluding hydrogens is 298 g/mol. The van der Waals surface area contributed by atoms with Crippen LogP contribution in [0, 0.1) is 0 Å². The van der Waals surface area contributed by atoms with Gasteiger partial charge in [0.05, 0.1) is 24.6 Å². The van der Waals surface area contributed by atoms with Crippen LogP contribution in [-0.2, 0) is 23.4 Å². The summed E-state index contributed by atoms with van der Waals surface area (Å²) in [7, 11) is 0. The van der Waals surface area contributed by atoms with E-state index in [1.807, 2.05) is 36.4 Å². The van der Waals surface area contributed by atoms with Gasteiger partial charge in [0, 0.05) is 11.3 Å². The van der Waals surface area contributed by atoms with Gasteiger partial charge < -0.3 is 15.2 Å². The number of aliphatic hydroxyl groups is 1. The van der Waals surface area contributed by atoms with Gasteiger partial charge >= 0.3 is 0 Å². The first kappa shape index (κ1) is 15.2. The number of hydrogen-bond acceptors (Lipinski definition) is 4. The molecular formula is C17H19NO3S. The van der Waals surface area contributed by atoms with Crippen molar-refractivity contribution in [3.63, 3.8) is 0 Å². The monoisotopic (exact) mass is 317 g/mol. The van der Waals surface area contributed by atoms with Crippen molar-refractivity contribution in [2.75, 3.05) is 13.2 Å². The van der Waals surface area contributed by atoms with Crippen molar-refractivity contribution in [1.82, 2.24) is 5.32 Å². The average Bonchev–Trinajstić information content (AvgIpc) is 2.98. The number of carbonyl (C=O) groups excluding carboxylic acids is 1. The van der Waals surface area contributed by atoms with Gasteiger partial charge in [-0.3, -0.25) is 4.79 Å². The Morgan fingerprint density at radius 2 is 2.18 bits per heavy atom. The van der Waals surface area contributed by atoms with Crippen molar-refractivity contribution < 1.29 is 14.6 Å². The van der Waals surface area contributed by atoms with Gasteiger partial charge in [0.15, 0.2) is 0 Å². The Labute approximate surface area is 133 Å². The van der Waals surface area contributed by atoms with Crippen molar-refractivity contribution in [1.29, 1.82) is 0 Å². The van der Waals surface area contributed by atoms with Gasteiger partial charge in [-0.1, -0.05) is 30.3 Å². The Hall–Kier alpha value is -1.69. The lowest BCUT2D eigenvalue weighted by Gasteiger charge is -2.24. The predicted molar refractivity (Wildman–Crippen MR) is 86.0 cm³/mol. The molecule has 3 rings (SSSR count). The van der Waals surface area contributed by atoms with Crippen molar-refractivity contribution in [3.8, 4) is 0 Å². The lowest BCUT2D eigenvalue weighted by atomic mass is 9.96. The van der Waals surface area contributed by atoms with Crippen molar-refractivity contribution >= 4 is 17.2 Å². The summed E-state index contributed by atoms with van der Waals surface area (Å²) in [5.41, 5.74) is 0.807. The molecule has 0 saturated carbocycles. The zero-order chi connectivity index (χ0) is 15.6.